The van der Waals surface area contributed by atoms with Gasteiger partial charge in [-0.15, -0.1) is 0 Å². The van der Waals surface area contributed by atoms with Gasteiger partial charge in [-0.2, -0.15) is 0 Å². The second-order valence-corrected chi connectivity index (χ2v) is 9.45. The molecule has 3 N–H and O–H groups in total. The highest BCUT2D eigenvalue weighted by atomic mass is 16.6. The maximum atomic E-state index is 13.3. The summed E-state index contributed by atoms with van der Waals surface area (Å²) in [6.07, 6.45) is 3.49. The van der Waals surface area contributed by atoms with Crippen LogP contribution in [0.4, 0.5) is 10.5 Å². The van der Waals surface area contributed by atoms with E-state index in [1.807, 2.05) is 0 Å². The van der Waals surface area contributed by atoms with E-state index in [2.05, 4.69) is 10.6 Å². The topological polar surface area (TPSA) is 114 Å². The summed E-state index contributed by atoms with van der Waals surface area (Å²) in [6, 6.07) is 3.46. The molecule has 1 aromatic carbocycles. The lowest BCUT2D eigenvalue weighted by molar-refractivity contribution is -0.120. The summed E-state index contributed by atoms with van der Waals surface area (Å²) in [7, 11) is 1.42. The molecule has 3 rings (SSSR count). The van der Waals surface area contributed by atoms with Gasteiger partial charge in [0.15, 0.2) is 5.78 Å². The van der Waals surface area contributed by atoms with Gasteiger partial charge < -0.3 is 25.2 Å². The van der Waals surface area contributed by atoms with Crippen LogP contribution in [0.2, 0.25) is 0 Å². The van der Waals surface area contributed by atoms with Gasteiger partial charge in [0.05, 0.1) is 5.69 Å². The van der Waals surface area contributed by atoms with Gasteiger partial charge in [-0.1, -0.05) is 0 Å². The third kappa shape index (κ3) is 6.43. The summed E-state index contributed by atoms with van der Waals surface area (Å²) in [5.74, 6) is -0.0555. The molecule has 1 atom stereocenters. The highest BCUT2D eigenvalue weighted by Gasteiger charge is 2.48. The SMILES string of the molecule is COCC(=O)c1ccc(O)c(NC(=O)C(NC(=O)OC(C)(C)C)C(C2CC2)C2CC2)c1. The number of nitrogens with one attached hydrogen (secondary N) is 2. The number of benzene rings is 1. The molecule has 2 fully saturated rings. The fourth-order valence-electron chi connectivity index (χ4n) is 3.90. The number of methoxy groups -OCH3 is 1. The number of ether oxygens (including phenoxy) is 2. The first-order valence-corrected chi connectivity index (χ1v) is 10.7. The number of ketones is 1. The van der Waals surface area contributed by atoms with Gasteiger partial charge in [0.2, 0.25) is 5.91 Å². The zero-order chi connectivity index (χ0) is 22.8. The third-order valence-electron chi connectivity index (χ3n) is 5.52. The first kappa shape index (κ1) is 23.1. The summed E-state index contributed by atoms with van der Waals surface area (Å²) in [5, 5.41) is 15.7. The number of Topliss-reactive ketones (excluding diaryl/α,β-unsaturated/α-hetero) is 1. The second kappa shape index (κ2) is 9.26. The number of anilines is 1. The van der Waals surface area contributed by atoms with E-state index in [9.17, 15) is 19.5 Å². The Labute approximate surface area is 182 Å². The number of alkyl carbamates (subject to hydrolysis) is 1. The monoisotopic (exact) mass is 432 g/mol. The van der Waals surface area contributed by atoms with Crippen LogP contribution in [-0.4, -0.2) is 48.2 Å². The molecular weight excluding hydrogens is 400 g/mol. The minimum atomic E-state index is -0.785. The Kier molecular flexibility index (Phi) is 6.89. The molecule has 8 heteroatoms. The van der Waals surface area contributed by atoms with Gasteiger partial charge in [-0.3, -0.25) is 9.59 Å². The summed E-state index contributed by atoms with van der Waals surface area (Å²) < 4.78 is 10.3. The van der Waals surface area contributed by atoms with E-state index in [0.29, 0.717) is 17.4 Å². The number of hydrogen-bond acceptors (Lipinski definition) is 6. The Morgan fingerprint density at radius 1 is 1.13 bits per heavy atom. The van der Waals surface area contributed by atoms with Crippen LogP contribution in [-0.2, 0) is 14.3 Å². The molecule has 2 aliphatic carbocycles. The smallest absolute Gasteiger partial charge is 0.408 e. The normalized spacial score (nSPS) is 17.2. The van der Waals surface area contributed by atoms with Crippen molar-refractivity contribution >= 4 is 23.5 Å². The summed E-state index contributed by atoms with van der Waals surface area (Å²) in [5.41, 5.74) is -0.255. The van der Waals surface area contributed by atoms with Crippen LogP contribution >= 0.6 is 0 Å². The average Bonchev–Trinajstić information content (AvgIpc) is 3.56. The molecule has 170 valence electrons. The molecule has 0 saturated heterocycles. The first-order valence-electron chi connectivity index (χ1n) is 10.7. The van der Waals surface area contributed by atoms with Crippen molar-refractivity contribution in [3.63, 3.8) is 0 Å². The average molecular weight is 433 g/mol. The van der Waals surface area contributed by atoms with E-state index in [1.54, 1.807) is 20.8 Å². The maximum absolute atomic E-state index is 13.3. The largest absolute Gasteiger partial charge is 0.506 e. The lowest BCUT2D eigenvalue weighted by Crippen LogP contribution is -2.51. The second-order valence-electron chi connectivity index (χ2n) is 9.45. The summed E-state index contributed by atoms with van der Waals surface area (Å²) in [6.45, 7) is 5.19. The number of carbonyl (C=O) groups is 3. The van der Waals surface area contributed by atoms with Crippen LogP contribution in [0.1, 0.15) is 56.8 Å². The van der Waals surface area contributed by atoms with E-state index in [4.69, 9.17) is 9.47 Å². The number of hydrogen-bond donors (Lipinski definition) is 3. The minimum Gasteiger partial charge on any atom is -0.506 e. The van der Waals surface area contributed by atoms with Gasteiger partial charge in [0, 0.05) is 12.7 Å². The zero-order valence-corrected chi connectivity index (χ0v) is 18.6. The minimum absolute atomic E-state index is 0.0213. The number of carbonyl (C=O) groups excluding carboxylic acids is 3. The summed E-state index contributed by atoms with van der Waals surface area (Å²) >= 11 is 0. The van der Waals surface area contributed by atoms with Gasteiger partial charge in [0.25, 0.3) is 0 Å². The van der Waals surface area contributed by atoms with Crippen molar-refractivity contribution in [2.45, 2.75) is 58.1 Å². The van der Waals surface area contributed by atoms with E-state index in [0.717, 1.165) is 25.7 Å². The van der Waals surface area contributed by atoms with Crippen LogP contribution in [0.15, 0.2) is 18.2 Å². The van der Waals surface area contributed by atoms with Crippen LogP contribution in [0.25, 0.3) is 0 Å². The van der Waals surface area contributed by atoms with Crippen molar-refractivity contribution in [3.05, 3.63) is 23.8 Å². The van der Waals surface area contributed by atoms with E-state index in [1.165, 1.54) is 25.3 Å². The lowest BCUT2D eigenvalue weighted by Gasteiger charge is -2.29. The van der Waals surface area contributed by atoms with E-state index >= 15 is 0 Å². The fraction of sp³-hybridized carbons (Fsp3) is 0.609. The highest BCUT2D eigenvalue weighted by molar-refractivity contribution is 6.01. The quantitative estimate of drug-likeness (QED) is 0.407. The van der Waals surface area contributed by atoms with Gasteiger partial charge in [0.1, 0.15) is 24.0 Å². The fourth-order valence-corrected chi connectivity index (χ4v) is 3.90. The number of phenolic OH excluding ortho intramolecular Hbond substituents is 1. The number of rotatable bonds is 9. The Balaban J connectivity index is 1.80. The van der Waals surface area contributed by atoms with Crippen molar-refractivity contribution < 1.29 is 29.0 Å². The molecule has 0 heterocycles. The number of amides is 2. The molecule has 2 aliphatic rings. The predicted molar refractivity (Wildman–Crippen MR) is 115 cm³/mol. The highest BCUT2D eigenvalue weighted by Crippen LogP contribution is 2.51. The molecule has 1 unspecified atom stereocenters. The van der Waals surface area contributed by atoms with Crippen molar-refractivity contribution in [1.82, 2.24) is 5.32 Å². The predicted octanol–water partition coefficient (Wildman–Crippen LogP) is 3.49. The standard InChI is InChI=1S/C23H32N2O6/c1-23(2,3)31-22(29)25-20(19(13-5-6-13)14-7-8-14)21(28)24-16-11-15(9-10-17(16)26)18(27)12-30-4/h9-11,13-14,19-20,26H,5-8,12H2,1-4H3,(H,24,28)(H,25,29). The van der Waals surface area contributed by atoms with Crippen molar-refractivity contribution in [2.24, 2.45) is 17.8 Å². The van der Waals surface area contributed by atoms with Crippen molar-refractivity contribution in [1.29, 1.82) is 0 Å². The zero-order valence-electron chi connectivity index (χ0n) is 18.6. The number of aromatic hydroxyl groups is 1. The van der Waals surface area contributed by atoms with Crippen LogP contribution in [0.5, 0.6) is 5.75 Å². The molecule has 8 nitrogen and oxygen atoms in total. The number of phenols is 1. The Morgan fingerprint density at radius 3 is 2.26 bits per heavy atom. The van der Waals surface area contributed by atoms with Crippen molar-refractivity contribution in [3.8, 4) is 5.75 Å². The van der Waals surface area contributed by atoms with E-state index < -0.39 is 23.6 Å². The molecule has 1 aromatic rings. The lowest BCUT2D eigenvalue weighted by atomic mass is 9.88. The summed E-state index contributed by atoms with van der Waals surface area (Å²) in [4.78, 5) is 37.9. The molecule has 0 spiro atoms. The Bertz CT molecular complexity index is 827. The van der Waals surface area contributed by atoms with Gasteiger partial charge >= 0.3 is 6.09 Å². The third-order valence-corrected chi connectivity index (χ3v) is 5.52. The molecule has 0 radical (unpaired) electrons. The molecular formula is C23H32N2O6. The molecule has 2 saturated carbocycles. The molecule has 0 aromatic heterocycles. The van der Waals surface area contributed by atoms with Crippen LogP contribution in [0, 0.1) is 17.8 Å². The first-order chi connectivity index (χ1) is 14.6. The van der Waals surface area contributed by atoms with Gasteiger partial charge in [-0.25, -0.2) is 4.79 Å². The maximum Gasteiger partial charge on any atom is 0.408 e. The van der Waals surface area contributed by atoms with Crippen LogP contribution in [0.3, 0.4) is 0 Å². The Hall–Kier alpha value is -2.61. The molecule has 31 heavy (non-hydrogen) atoms. The van der Waals surface area contributed by atoms with Crippen LogP contribution < -0.4 is 10.6 Å². The molecule has 2 amide bonds. The molecule has 0 bridgehead atoms. The Morgan fingerprint density at radius 2 is 1.74 bits per heavy atom. The molecule has 0 aliphatic heterocycles. The van der Waals surface area contributed by atoms with E-state index in [-0.39, 0.29) is 29.7 Å². The van der Waals surface area contributed by atoms with Crippen molar-refractivity contribution in [2.75, 3.05) is 19.0 Å². The van der Waals surface area contributed by atoms with Gasteiger partial charge in [-0.05, 0) is 82.4 Å².